The minimum atomic E-state index is -2.04. The molecule has 5 atom stereocenters. The Kier molecular flexibility index (Phi) is 10.1. The van der Waals surface area contributed by atoms with Gasteiger partial charge in [0.25, 0.3) is 5.56 Å². The molecule has 2 N–H and O–H groups in total. The van der Waals surface area contributed by atoms with Gasteiger partial charge >= 0.3 is 0 Å². The van der Waals surface area contributed by atoms with Gasteiger partial charge in [-0.05, 0) is 78.2 Å². The molecule has 0 amide bonds. The van der Waals surface area contributed by atoms with Crippen molar-refractivity contribution in [3.8, 4) is 11.4 Å². The quantitative estimate of drug-likeness (QED) is 0.134. The lowest BCUT2D eigenvalue weighted by molar-refractivity contribution is 0.0249. The number of aromatic amines is 1. The number of nitrogens with zero attached hydrogens (tertiary/aromatic N) is 4. The summed E-state index contributed by atoms with van der Waals surface area (Å²) in [6.45, 7) is 7.95. The lowest BCUT2D eigenvalue weighted by Crippen LogP contribution is -2.50. The van der Waals surface area contributed by atoms with E-state index in [1.165, 1.54) is 10.8 Å². The summed E-state index contributed by atoms with van der Waals surface area (Å²) in [7, 11) is -0.330. The molecule has 2 aromatic heterocycles. The van der Waals surface area contributed by atoms with Crippen molar-refractivity contribution in [2.24, 2.45) is 5.92 Å². The van der Waals surface area contributed by atoms with Crippen molar-refractivity contribution >= 4 is 24.2 Å². The molecule has 3 heterocycles. The molecule has 10 heteroatoms. The van der Waals surface area contributed by atoms with Crippen molar-refractivity contribution in [3.63, 3.8) is 0 Å². The van der Waals surface area contributed by atoms with Crippen molar-refractivity contribution in [1.82, 2.24) is 24.8 Å². The third-order valence-corrected chi connectivity index (χ3v) is 15.4. The average molecular weight is 702 g/mol. The third-order valence-electron chi connectivity index (χ3n) is 11.0. The SMILES string of the molecule is COc1ccc([Si](C)(C)[C@@H]2[C@@H](C)[C@@H](CCc3cccc(-n4[nH]c5ccccc5c4=O)c3)O[C@H]2CCn2cc(C(CO)c3ccccc3)nn2)cc1. The number of hydrogen-bond acceptors (Lipinski definition) is 6. The highest BCUT2D eigenvalue weighted by molar-refractivity contribution is 6.91. The minimum absolute atomic E-state index is 0.0290. The molecule has 6 aromatic rings. The maximum Gasteiger partial charge on any atom is 0.279 e. The maximum atomic E-state index is 13.1. The molecule has 0 saturated carbocycles. The Morgan fingerprint density at radius 3 is 2.45 bits per heavy atom. The van der Waals surface area contributed by atoms with Crippen LogP contribution in [0.25, 0.3) is 16.6 Å². The van der Waals surface area contributed by atoms with E-state index in [1.807, 2.05) is 77.6 Å². The first-order chi connectivity index (χ1) is 24.8. The van der Waals surface area contributed by atoms with Crippen LogP contribution in [0.3, 0.4) is 0 Å². The van der Waals surface area contributed by atoms with Gasteiger partial charge in [-0.3, -0.25) is 14.6 Å². The second kappa shape index (κ2) is 14.8. The van der Waals surface area contributed by atoms with E-state index < -0.39 is 8.07 Å². The van der Waals surface area contributed by atoms with Crippen LogP contribution in [0.2, 0.25) is 18.6 Å². The first kappa shape index (κ1) is 34.7. The van der Waals surface area contributed by atoms with Gasteiger partial charge in [-0.2, -0.15) is 0 Å². The summed E-state index contributed by atoms with van der Waals surface area (Å²) in [5, 5.41) is 24.5. The van der Waals surface area contributed by atoms with E-state index in [1.54, 1.807) is 11.8 Å². The summed E-state index contributed by atoms with van der Waals surface area (Å²) in [6, 6.07) is 34.4. The fourth-order valence-corrected chi connectivity index (χ4v) is 12.3. The minimum Gasteiger partial charge on any atom is -0.497 e. The van der Waals surface area contributed by atoms with Crippen molar-refractivity contribution in [3.05, 3.63) is 136 Å². The first-order valence-electron chi connectivity index (χ1n) is 17.9. The molecule has 264 valence electrons. The Hall–Kier alpha value is -4.77. The number of benzene rings is 4. The molecule has 9 nitrogen and oxygen atoms in total. The van der Waals surface area contributed by atoms with Gasteiger partial charge in [0, 0.05) is 12.7 Å². The molecule has 0 aliphatic carbocycles. The summed E-state index contributed by atoms with van der Waals surface area (Å²) in [4.78, 5) is 13.1. The molecule has 0 bridgehead atoms. The third kappa shape index (κ3) is 7.08. The van der Waals surface area contributed by atoms with E-state index in [2.05, 4.69) is 71.8 Å². The summed E-state index contributed by atoms with van der Waals surface area (Å²) < 4.78 is 16.1. The van der Waals surface area contributed by atoms with E-state index in [0.717, 1.165) is 47.5 Å². The van der Waals surface area contributed by atoms with Crippen LogP contribution in [0.15, 0.2) is 114 Å². The molecule has 1 fully saturated rings. The van der Waals surface area contributed by atoms with Crippen LogP contribution in [0.5, 0.6) is 5.75 Å². The van der Waals surface area contributed by atoms with Crippen molar-refractivity contribution < 1.29 is 14.6 Å². The summed E-state index contributed by atoms with van der Waals surface area (Å²) in [5.74, 6) is 1.00. The zero-order valence-corrected chi connectivity index (χ0v) is 30.8. The maximum absolute atomic E-state index is 13.1. The van der Waals surface area contributed by atoms with Crippen LogP contribution >= 0.6 is 0 Å². The second-order valence-corrected chi connectivity index (χ2v) is 19.1. The van der Waals surface area contributed by atoms with Gasteiger partial charge in [0.15, 0.2) is 0 Å². The highest BCUT2D eigenvalue weighted by atomic mass is 28.3. The number of methoxy groups -OCH3 is 1. The predicted molar refractivity (Wildman–Crippen MR) is 204 cm³/mol. The van der Waals surface area contributed by atoms with Gasteiger partial charge in [-0.25, -0.2) is 4.68 Å². The highest BCUT2D eigenvalue weighted by Gasteiger charge is 2.50. The smallest absolute Gasteiger partial charge is 0.279 e. The van der Waals surface area contributed by atoms with Crippen molar-refractivity contribution in [2.45, 2.75) is 69.5 Å². The molecule has 4 aromatic carbocycles. The van der Waals surface area contributed by atoms with Gasteiger partial charge in [0.2, 0.25) is 0 Å². The summed E-state index contributed by atoms with van der Waals surface area (Å²) in [5.41, 5.74) is 4.96. The molecule has 51 heavy (non-hydrogen) atoms. The fourth-order valence-electron chi connectivity index (χ4n) is 8.21. The van der Waals surface area contributed by atoms with Crippen molar-refractivity contribution in [1.29, 1.82) is 0 Å². The topological polar surface area (TPSA) is 107 Å². The van der Waals surface area contributed by atoms with Crippen LogP contribution in [-0.4, -0.2) is 63.9 Å². The molecule has 1 saturated heterocycles. The summed E-state index contributed by atoms with van der Waals surface area (Å²) >= 11 is 0. The molecular weight excluding hydrogens is 655 g/mol. The van der Waals surface area contributed by atoms with Crippen molar-refractivity contribution in [2.75, 3.05) is 13.7 Å². The van der Waals surface area contributed by atoms with Crippen LogP contribution in [-0.2, 0) is 17.7 Å². The number of aliphatic hydroxyl groups is 1. The molecular formula is C41H47N5O4Si. The number of aryl methyl sites for hydroxylation is 2. The van der Waals surface area contributed by atoms with E-state index >= 15 is 0 Å². The largest absolute Gasteiger partial charge is 0.497 e. The number of nitrogens with one attached hydrogen (secondary N) is 1. The number of hydrogen-bond donors (Lipinski definition) is 2. The highest BCUT2D eigenvalue weighted by Crippen LogP contribution is 2.46. The zero-order chi connectivity index (χ0) is 35.5. The van der Waals surface area contributed by atoms with Gasteiger partial charge in [0.05, 0.1) is 62.2 Å². The Morgan fingerprint density at radius 2 is 1.71 bits per heavy atom. The van der Waals surface area contributed by atoms with E-state index in [-0.39, 0.29) is 30.3 Å². The Labute approximate surface area is 299 Å². The molecule has 0 radical (unpaired) electrons. The number of H-pyrrole nitrogens is 1. The second-order valence-electron chi connectivity index (χ2n) is 14.4. The molecule has 1 unspecified atom stereocenters. The standard InChI is InChI=1S/C41H47N5O4Si/c1-28-38(22-17-29-11-10-14-31(25-29)46-41(48)34-15-8-9-16-36(34)43-46)50-39(40(28)51(3,4)33-20-18-32(49-2)19-21-33)23-24-45-26-37(42-44-45)35(27-47)30-12-6-5-7-13-30/h5-16,18-21,25-26,28,35,38-40,43,47H,17,22-24,27H2,1-4H3/t28-,35?,38+,39-,40+/m0/s1. The Morgan fingerprint density at radius 1 is 0.941 bits per heavy atom. The van der Waals surface area contributed by atoms with E-state index in [4.69, 9.17) is 9.47 Å². The van der Waals surface area contributed by atoms with E-state index in [9.17, 15) is 9.90 Å². The molecule has 1 aliphatic heterocycles. The fraction of sp³-hybridized carbons (Fsp3) is 0.341. The summed E-state index contributed by atoms with van der Waals surface area (Å²) in [6.07, 6.45) is 4.66. The Bertz CT molecular complexity index is 2120. The normalized spacial score (nSPS) is 19.8. The first-order valence-corrected chi connectivity index (χ1v) is 21.0. The van der Waals surface area contributed by atoms with E-state index in [0.29, 0.717) is 23.4 Å². The monoisotopic (exact) mass is 701 g/mol. The molecule has 1 aliphatic rings. The van der Waals surface area contributed by atoms with Crippen LogP contribution in [0, 0.1) is 5.92 Å². The van der Waals surface area contributed by atoms with Gasteiger partial charge in [-0.15, -0.1) is 5.10 Å². The number of aliphatic hydroxyl groups excluding tert-OH is 1. The molecule has 0 spiro atoms. The predicted octanol–water partition coefficient (Wildman–Crippen LogP) is 6.46. The van der Waals surface area contributed by atoms with Crippen LogP contribution in [0.1, 0.15) is 42.5 Å². The van der Waals surface area contributed by atoms with Gasteiger partial charge in [0.1, 0.15) is 5.75 Å². The number of ether oxygens (including phenoxy) is 2. The molecule has 7 rings (SSSR count). The van der Waals surface area contributed by atoms with Crippen LogP contribution < -0.4 is 15.5 Å². The number of aromatic nitrogens is 5. The average Bonchev–Trinajstić information content (AvgIpc) is 3.86. The lowest BCUT2D eigenvalue weighted by atomic mass is 9.95. The van der Waals surface area contributed by atoms with Crippen LogP contribution in [0.4, 0.5) is 0 Å². The lowest BCUT2D eigenvalue weighted by Gasteiger charge is -2.36. The number of para-hydroxylation sites is 1. The number of fused-ring (bicyclic) bond motifs is 1. The Balaban J connectivity index is 1.10. The number of rotatable bonds is 13. The van der Waals surface area contributed by atoms with Gasteiger partial charge < -0.3 is 14.6 Å². The van der Waals surface area contributed by atoms with Gasteiger partial charge in [-0.1, -0.05) is 97.1 Å². The zero-order valence-electron chi connectivity index (χ0n) is 29.8.